The molecule has 2 heterocycles. The SMILES string of the molecule is N#C[C@H]1CCCC[C@H]1n1nc(Nc2ccc(F)cc2)c2c(OCc3ccccc3)nccc21. The number of fused-ring (bicyclic) bond motifs is 1. The molecule has 0 amide bonds. The normalized spacial score (nSPS) is 18.1. The largest absolute Gasteiger partial charge is 0.472 e. The zero-order valence-corrected chi connectivity index (χ0v) is 18.1. The van der Waals surface area contributed by atoms with Crippen LogP contribution in [0.15, 0.2) is 66.9 Å². The molecule has 0 spiro atoms. The minimum atomic E-state index is -0.302. The quantitative estimate of drug-likeness (QED) is 0.388. The van der Waals surface area contributed by atoms with Gasteiger partial charge in [-0.3, -0.25) is 4.68 Å². The molecule has 0 bridgehead atoms. The number of nitrogens with zero attached hydrogens (tertiary/aromatic N) is 4. The number of rotatable bonds is 6. The molecule has 0 saturated heterocycles. The Labute approximate surface area is 191 Å². The van der Waals surface area contributed by atoms with Crippen molar-refractivity contribution in [3.8, 4) is 11.9 Å². The number of aromatic nitrogens is 3. The van der Waals surface area contributed by atoms with Crippen molar-refractivity contribution in [1.82, 2.24) is 14.8 Å². The Morgan fingerprint density at radius 3 is 2.64 bits per heavy atom. The van der Waals surface area contributed by atoms with Crippen molar-refractivity contribution in [3.63, 3.8) is 0 Å². The van der Waals surface area contributed by atoms with Crippen molar-refractivity contribution in [1.29, 1.82) is 5.26 Å². The predicted octanol–water partition coefficient (Wildman–Crippen LogP) is 6.15. The third kappa shape index (κ3) is 4.37. The van der Waals surface area contributed by atoms with Crippen molar-refractivity contribution < 1.29 is 9.13 Å². The third-order valence-corrected chi connectivity index (χ3v) is 6.12. The van der Waals surface area contributed by atoms with Crippen LogP contribution in [0.5, 0.6) is 5.88 Å². The number of pyridine rings is 1. The minimum absolute atomic E-state index is 0.0145. The average molecular weight is 442 g/mol. The molecule has 2 aromatic heterocycles. The van der Waals surface area contributed by atoms with Gasteiger partial charge < -0.3 is 10.1 Å². The van der Waals surface area contributed by atoms with Crippen molar-refractivity contribution >= 4 is 22.4 Å². The van der Waals surface area contributed by atoms with E-state index in [1.165, 1.54) is 12.1 Å². The Hall–Kier alpha value is -3.92. The van der Waals surface area contributed by atoms with Gasteiger partial charge in [0, 0.05) is 11.9 Å². The van der Waals surface area contributed by atoms with Crippen LogP contribution in [0.3, 0.4) is 0 Å². The summed E-state index contributed by atoms with van der Waals surface area (Å²) in [5, 5.41) is 18.7. The number of nitrogens with one attached hydrogen (secondary N) is 1. The summed E-state index contributed by atoms with van der Waals surface area (Å²) < 4.78 is 21.5. The number of hydrogen-bond donors (Lipinski definition) is 1. The summed E-state index contributed by atoms with van der Waals surface area (Å²) in [5.41, 5.74) is 2.61. The second-order valence-corrected chi connectivity index (χ2v) is 8.30. The summed E-state index contributed by atoms with van der Waals surface area (Å²) in [5.74, 6) is 0.650. The van der Waals surface area contributed by atoms with Crippen LogP contribution in [-0.4, -0.2) is 14.8 Å². The Morgan fingerprint density at radius 1 is 1.06 bits per heavy atom. The van der Waals surface area contributed by atoms with Crippen LogP contribution in [0.2, 0.25) is 0 Å². The van der Waals surface area contributed by atoms with Gasteiger partial charge in [-0.15, -0.1) is 0 Å². The highest BCUT2D eigenvalue weighted by Gasteiger charge is 2.30. The molecule has 1 aliphatic carbocycles. The molecule has 0 unspecified atom stereocenters. The van der Waals surface area contributed by atoms with E-state index < -0.39 is 0 Å². The third-order valence-electron chi connectivity index (χ3n) is 6.12. The van der Waals surface area contributed by atoms with E-state index in [4.69, 9.17) is 9.84 Å². The van der Waals surface area contributed by atoms with Gasteiger partial charge in [0.2, 0.25) is 5.88 Å². The molecule has 7 heteroatoms. The lowest BCUT2D eigenvalue weighted by Crippen LogP contribution is -2.23. The van der Waals surface area contributed by atoms with Crippen molar-refractivity contribution in [2.24, 2.45) is 5.92 Å². The smallest absolute Gasteiger partial charge is 0.227 e. The molecule has 0 radical (unpaired) electrons. The highest BCUT2D eigenvalue weighted by atomic mass is 19.1. The first-order chi connectivity index (χ1) is 16.2. The summed E-state index contributed by atoms with van der Waals surface area (Å²) in [6.07, 6.45) is 5.60. The average Bonchev–Trinajstić information content (AvgIpc) is 3.23. The molecule has 1 saturated carbocycles. The zero-order chi connectivity index (χ0) is 22.6. The van der Waals surface area contributed by atoms with Crippen LogP contribution in [0.4, 0.5) is 15.9 Å². The molecular formula is C26H24FN5O. The van der Waals surface area contributed by atoms with Gasteiger partial charge in [0.1, 0.15) is 17.8 Å². The number of ether oxygens (including phenoxy) is 1. The van der Waals surface area contributed by atoms with Crippen LogP contribution in [0.1, 0.15) is 37.3 Å². The fraction of sp³-hybridized carbons (Fsp3) is 0.269. The highest BCUT2D eigenvalue weighted by molar-refractivity contribution is 5.96. The Kier molecular flexibility index (Phi) is 5.90. The number of anilines is 2. The van der Waals surface area contributed by atoms with E-state index in [9.17, 15) is 9.65 Å². The monoisotopic (exact) mass is 441 g/mol. The van der Waals surface area contributed by atoms with E-state index in [1.807, 2.05) is 41.1 Å². The maximum atomic E-state index is 13.4. The van der Waals surface area contributed by atoms with E-state index in [-0.39, 0.29) is 17.8 Å². The van der Waals surface area contributed by atoms with Crippen molar-refractivity contribution in [2.75, 3.05) is 5.32 Å². The number of nitriles is 1. The molecule has 0 aliphatic heterocycles. The number of benzene rings is 2. The van der Waals surface area contributed by atoms with Gasteiger partial charge in [-0.25, -0.2) is 9.37 Å². The van der Waals surface area contributed by atoms with Crippen molar-refractivity contribution in [3.05, 3.63) is 78.2 Å². The van der Waals surface area contributed by atoms with Gasteiger partial charge in [-0.05, 0) is 48.7 Å². The summed E-state index contributed by atoms with van der Waals surface area (Å²) >= 11 is 0. The molecule has 4 aromatic rings. The van der Waals surface area contributed by atoms with Crippen LogP contribution in [0.25, 0.3) is 10.9 Å². The zero-order valence-electron chi connectivity index (χ0n) is 18.1. The second kappa shape index (κ2) is 9.29. The lowest BCUT2D eigenvalue weighted by Gasteiger charge is -2.27. The maximum Gasteiger partial charge on any atom is 0.227 e. The van der Waals surface area contributed by atoms with E-state index in [1.54, 1.807) is 18.3 Å². The van der Waals surface area contributed by atoms with Crippen LogP contribution in [-0.2, 0) is 6.61 Å². The highest BCUT2D eigenvalue weighted by Crippen LogP contribution is 2.39. The molecular weight excluding hydrogens is 417 g/mol. The number of hydrogen-bond acceptors (Lipinski definition) is 5. The fourth-order valence-corrected chi connectivity index (χ4v) is 4.46. The van der Waals surface area contributed by atoms with E-state index in [0.29, 0.717) is 24.0 Å². The van der Waals surface area contributed by atoms with Crippen LogP contribution < -0.4 is 10.1 Å². The molecule has 6 nitrogen and oxygen atoms in total. The van der Waals surface area contributed by atoms with Gasteiger partial charge >= 0.3 is 0 Å². The molecule has 2 aromatic carbocycles. The maximum absolute atomic E-state index is 13.4. The first-order valence-corrected chi connectivity index (χ1v) is 11.2. The van der Waals surface area contributed by atoms with Gasteiger partial charge in [-0.2, -0.15) is 10.4 Å². The molecule has 5 rings (SSSR count). The first kappa shape index (κ1) is 21.0. The van der Waals surface area contributed by atoms with Crippen molar-refractivity contribution in [2.45, 2.75) is 38.3 Å². The summed E-state index contributed by atoms with van der Waals surface area (Å²) in [6.45, 7) is 0.373. The Balaban J connectivity index is 1.57. The Morgan fingerprint density at radius 2 is 1.85 bits per heavy atom. The van der Waals surface area contributed by atoms with E-state index in [0.717, 1.165) is 42.1 Å². The predicted molar refractivity (Wildman–Crippen MR) is 125 cm³/mol. The molecule has 166 valence electrons. The van der Waals surface area contributed by atoms with E-state index in [2.05, 4.69) is 16.4 Å². The second-order valence-electron chi connectivity index (χ2n) is 8.30. The number of halogens is 1. The standard InChI is InChI=1S/C26H24FN5O/c27-20-10-12-21(13-11-20)30-25-24-23(32(31-25)22-9-5-4-8-19(22)16-28)14-15-29-26(24)33-17-18-6-2-1-3-7-18/h1-3,6-7,10-15,19,22H,4-5,8-9,17H2,(H,30,31)/t19-,22-/m1/s1. The van der Waals surface area contributed by atoms with Crippen LogP contribution >= 0.6 is 0 Å². The Bertz CT molecular complexity index is 1280. The summed E-state index contributed by atoms with van der Waals surface area (Å²) in [6, 6.07) is 20.4. The molecule has 1 N–H and O–H groups in total. The lowest BCUT2D eigenvalue weighted by atomic mass is 9.85. The van der Waals surface area contributed by atoms with Crippen LogP contribution in [0, 0.1) is 23.1 Å². The molecule has 1 aliphatic rings. The van der Waals surface area contributed by atoms with Gasteiger partial charge in [-0.1, -0.05) is 43.2 Å². The summed E-state index contributed by atoms with van der Waals surface area (Å²) in [7, 11) is 0. The molecule has 1 fully saturated rings. The first-order valence-electron chi connectivity index (χ1n) is 11.2. The molecule has 2 atom stereocenters. The van der Waals surface area contributed by atoms with Gasteiger partial charge in [0.05, 0.1) is 23.5 Å². The van der Waals surface area contributed by atoms with Gasteiger partial charge in [0.15, 0.2) is 5.82 Å². The lowest BCUT2D eigenvalue weighted by molar-refractivity contribution is 0.277. The topological polar surface area (TPSA) is 75.8 Å². The minimum Gasteiger partial charge on any atom is -0.472 e. The molecule has 33 heavy (non-hydrogen) atoms. The van der Waals surface area contributed by atoms with Gasteiger partial charge in [0.25, 0.3) is 0 Å². The summed E-state index contributed by atoms with van der Waals surface area (Å²) in [4.78, 5) is 4.50. The fourth-order valence-electron chi connectivity index (χ4n) is 4.46. The van der Waals surface area contributed by atoms with E-state index >= 15 is 0 Å².